The Morgan fingerprint density at radius 3 is 2.76 bits per heavy atom. The van der Waals surface area contributed by atoms with Crippen molar-refractivity contribution >= 4 is 5.91 Å². The van der Waals surface area contributed by atoms with Gasteiger partial charge in [0.15, 0.2) is 0 Å². The molecule has 0 spiro atoms. The first-order valence-corrected chi connectivity index (χ1v) is 4.61. The van der Waals surface area contributed by atoms with Gasteiger partial charge < -0.3 is 10.4 Å². The van der Waals surface area contributed by atoms with Crippen LogP contribution in [0.5, 0.6) is 0 Å². The molecule has 1 rings (SSSR count). The lowest BCUT2D eigenvalue weighted by Crippen LogP contribution is -2.39. The molecule has 1 heterocycles. The molecule has 0 unspecified atom stereocenters. The van der Waals surface area contributed by atoms with E-state index in [9.17, 15) is 13.6 Å². The average Bonchev–Trinajstić information content (AvgIpc) is 2.36. The minimum absolute atomic E-state index is 0.0715. The lowest BCUT2D eigenvalue weighted by Gasteiger charge is -2.13. The number of nitrogens with one attached hydrogen (secondary N) is 1. The Morgan fingerprint density at radius 1 is 1.59 bits per heavy atom. The Hall–Kier alpha value is -2.07. The van der Waals surface area contributed by atoms with Gasteiger partial charge in [0.25, 0.3) is 11.8 Å². The lowest BCUT2D eigenvalue weighted by molar-refractivity contribution is -0.0462. The first-order chi connectivity index (χ1) is 7.98. The van der Waals surface area contributed by atoms with E-state index in [1.54, 1.807) is 0 Å². The number of hydrogen-bond donors (Lipinski definition) is 2. The summed E-state index contributed by atoms with van der Waals surface area (Å²) in [6.45, 7) is -2.31. The summed E-state index contributed by atoms with van der Waals surface area (Å²) in [7, 11) is 0. The topological polar surface area (TPSA) is 86.0 Å². The molecule has 90 valence electrons. The Labute approximate surface area is 95.7 Å². The molecule has 1 aromatic rings. The number of pyridine rings is 1. The molecule has 5 nitrogen and oxygen atoms in total. The van der Waals surface area contributed by atoms with E-state index in [1.165, 1.54) is 18.3 Å². The van der Waals surface area contributed by atoms with Crippen molar-refractivity contribution < 1.29 is 18.7 Å². The summed E-state index contributed by atoms with van der Waals surface area (Å²) >= 11 is 0. The third kappa shape index (κ3) is 3.77. The molecular formula is C10H9F2N3O2. The summed E-state index contributed by atoms with van der Waals surface area (Å²) in [6, 6.07) is 4.42. The first kappa shape index (κ1) is 13.0. The first-order valence-electron chi connectivity index (χ1n) is 4.61. The second-order valence-corrected chi connectivity index (χ2v) is 3.24. The number of aliphatic hydroxyl groups excluding tert-OH is 1. The highest BCUT2D eigenvalue weighted by Gasteiger charge is 2.28. The molecule has 0 aliphatic carbocycles. The monoisotopic (exact) mass is 241 g/mol. The number of aliphatic hydroxyl groups is 1. The number of nitriles is 1. The number of rotatable bonds is 4. The molecule has 0 saturated carbocycles. The van der Waals surface area contributed by atoms with Gasteiger partial charge in [-0.2, -0.15) is 5.26 Å². The van der Waals surface area contributed by atoms with Crippen LogP contribution in [0.3, 0.4) is 0 Å². The maximum absolute atomic E-state index is 12.6. The van der Waals surface area contributed by atoms with Crippen LogP contribution < -0.4 is 5.32 Å². The third-order valence-electron chi connectivity index (χ3n) is 1.86. The molecule has 0 aliphatic rings. The summed E-state index contributed by atoms with van der Waals surface area (Å²) in [5.41, 5.74) is 0.194. The van der Waals surface area contributed by atoms with Gasteiger partial charge in [-0.3, -0.25) is 4.79 Å². The second kappa shape index (κ2) is 5.32. The predicted molar refractivity (Wildman–Crippen MR) is 53.3 cm³/mol. The van der Waals surface area contributed by atoms with Gasteiger partial charge in [-0.1, -0.05) is 0 Å². The molecule has 0 fully saturated rings. The van der Waals surface area contributed by atoms with Crippen LogP contribution in [0.4, 0.5) is 8.78 Å². The molecule has 0 aliphatic heterocycles. The fourth-order valence-electron chi connectivity index (χ4n) is 0.950. The van der Waals surface area contributed by atoms with Gasteiger partial charge in [0.1, 0.15) is 18.4 Å². The second-order valence-electron chi connectivity index (χ2n) is 3.24. The van der Waals surface area contributed by atoms with Crippen molar-refractivity contribution in [2.45, 2.75) is 5.92 Å². The molecule has 0 bridgehead atoms. The zero-order chi connectivity index (χ0) is 12.9. The van der Waals surface area contributed by atoms with E-state index in [-0.39, 0.29) is 11.3 Å². The van der Waals surface area contributed by atoms with Crippen molar-refractivity contribution in [2.24, 2.45) is 0 Å². The fraction of sp³-hybridized carbons (Fsp3) is 0.300. The van der Waals surface area contributed by atoms with Crippen molar-refractivity contribution in [1.29, 1.82) is 5.26 Å². The Kier molecular flexibility index (Phi) is 4.06. The van der Waals surface area contributed by atoms with E-state index < -0.39 is 25.0 Å². The van der Waals surface area contributed by atoms with Crippen molar-refractivity contribution in [1.82, 2.24) is 10.3 Å². The summed E-state index contributed by atoms with van der Waals surface area (Å²) in [4.78, 5) is 15.0. The molecule has 2 N–H and O–H groups in total. The summed E-state index contributed by atoms with van der Waals surface area (Å²) in [5, 5.41) is 18.7. The van der Waals surface area contributed by atoms with Crippen LogP contribution in [0.2, 0.25) is 0 Å². The molecular weight excluding hydrogens is 232 g/mol. The molecule has 17 heavy (non-hydrogen) atoms. The van der Waals surface area contributed by atoms with Crippen LogP contribution in [0.1, 0.15) is 16.1 Å². The van der Waals surface area contributed by atoms with E-state index >= 15 is 0 Å². The largest absolute Gasteiger partial charge is 0.390 e. The van der Waals surface area contributed by atoms with Crippen molar-refractivity contribution in [3.63, 3.8) is 0 Å². The van der Waals surface area contributed by atoms with Crippen LogP contribution >= 0.6 is 0 Å². The Balaban J connectivity index is 2.62. The van der Waals surface area contributed by atoms with Crippen LogP contribution in [-0.2, 0) is 0 Å². The Bertz CT molecular complexity index is 440. The van der Waals surface area contributed by atoms with Gasteiger partial charge in [-0.15, -0.1) is 0 Å². The minimum atomic E-state index is -3.36. The molecule has 1 aromatic heterocycles. The zero-order valence-corrected chi connectivity index (χ0v) is 8.65. The zero-order valence-electron chi connectivity index (χ0n) is 8.65. The predicted octanol–water partition coefficient (Wildman–Crippen LogP) is 0.311. The minimum Gasteiger partial charge on any atom is -0.390 e. The van der Waals surface area contributed by atoms with Gasteiger partial charge in [0.2, 0.25) is 0 Å². The quantitative estimate of drug-likeness (QED) is 0.794. The number of nitrogens with zero attached hydrogens (tertiary/aromatic N) is 2. The van der Waals surface area contributed by atoms with E-state index in [2.05, 4.69) is 4.98 Å². The highest BCUT2D eigenvalue weighted by molar-refractivity contribution is 5.92. The standard InChI is InChI=1S/C10H9F2N3O2/c11-10(12,6-16)5-15-9(17)8-2-1-7(3-13)4-14-8/h1-2,4,16H,5-6H2,(H,15,17). The molecule has 0 aromatic carbocycles. The SMILES string of the molecule is N#Cc1ccc(C(=O)NCC(F)(F)CO)nc1. The number of aromatic nitrogens is 1. The van der Waals surface area contributed by atoms with E-state index in [4.69, 9.17) is 10.4 Å². The fourth-order valence-corrected chi connectivity index (χ4v) is 0.950. The van der Waals surface area contributed by atoms with Crippen LogP contribution in [0.25, 0.3) is 0 Å². The van der Waals surface area contributed by atoms with Crippen LogP contribution in [0.15, 0.2) is 18.3 Å². The van der Waals surface area contributed by atoms with Crippen molar-refractivity contribution in [2.75, 3.05) is 13.2 Å². The molecule has 0 radical (unpaired) electrons. The third-order valence-corrected chi connectivity index (χ3v) is 1.86. The maximum atomic E-state index is 12.6. The molecule has 7 heteroatoms. The van der Waals surface area contributed by atoms with Gasteiger partial charge >= 0.3 is 0 Å². The number of amides is 1. The number of carbonyl (C=O) groups is 1. The average molecular weight is 241 g/mol. The summed E-state index contributed by atoms with van der Waals surface area (Å²) < 4.78 is 25.2. The van der Waals surface area contributed by atoms with Crippen LogP contribution in [0, 0.1) is 11.3 Å². The highest BCUT2D eigenvalue weighted by atomic mass is 19.3. The maximum Gasteiger partial charge on any atom is 0.287 e. The highest BCUT2D eigenvalue weighted by Crippen LogP contribution is 2.10. The smallest absolute Gasteiger partial charge is 0.287 e. The normalized spacial score (nSPS) is 10.7. The summed E-state index contributed by atoms with van der Waals surface area (Å²) in [5.74, 6) is -4.15. The van der Waals surface area contributed by atoms with Gasteiger partial charge in [0.05, 0.1) is 12.1 Å². The number of hydrogen-bond acceptors (Lipinski definition) is 4. The molecule has 0 saturated heterocycles. The molecule has 0 atom stereocenters. The number of alkyl halides is 2. The van der Waals surface area contributed by atoms with E-state index in [0.717, 1.165) is 0 Å². The summed E-state index contributed by atoms with van der Waals surface area (Å²) in [6.07, 6.45) is 1.17. The lowest BCUT2D eigenvalue weighted by atomic mass is 10.2. The van der Waals surface area contributed by atoms with E-state index in [0.29, 0.717) is 0 Å². The number of carbonyl (C=O) groups excluding carboxylic acids is 1. The molecule has 1 amide bonds. The van der Waals surface area contributed by atoms with Crippen LogP contribution in [-0.4, -0.2) is 35.1 Å². The van der Waals surface area contributed by atoms with Gasteiger partial charge in [-0.05, 0) is 12.1 Å². The van der Waals surface area contributed by atoms with Crippen molar-refractivity contribution in [3.8, 4) is 6.07 Å². The number of halogens is 2. The van der Waals surface area contributed by atoms with Gasteiger partial charge in [0, 0.05) is 6.20 Å². The van der Waals surface area contributed by atoms with Crippen molar-refractivity contribution in [3.05, 3.63) is 29.6 Å². The van der Waals surface area contributed by atoms with E-state index in [1.807, 2.05) is 11.4 Å². The van der Waals surface area contributed by atoms with Gasteiger partial charge in [-0.25, -0.2) is 13.8 Å². The Morgan fingerprint density at radius 2 is 2.29 bits per heavy atom.